The maximum absolute atomic E-state index is 12.2. The van der Waals surface area contributed by atoms with E-state index in [2.05, 4.69) is 15.3 Å². The molecule has 1 saturated carbocycles. The van der Waals surface area contributed by atoms with Gasteiger partial charge in [0.25, 0.3) is 5.91 Å². The van der Waals surface area contributed by atoms with Crippen molar-refractivity contribution in [2.24, 2.45) is 4.99 Å². The van der Waals surface area contributed by atoms with Gasteiger partial charge in [0, 0.05) is 0 Å². The van der Waals surface area contributed by atoms with Crippen molar-refractivity contribution in [3.8, 4) is 5.75 Å². The number of aliphatic hydroxyl groups excluding tert-OH is 2. The lowest BCUT2D eigenvalue weighted by Gasteiger charge is -2.22. The number of ether oxygens (including phenoxy) is 2. The van der Waals surface area contributed by atoms with Gasteiger partial charge in [-0.3, -0.25) is 13.5 Å². The lowest BCUT2D eigenvalue weighted by atomic mass is 10.1. The lowest BCUT2D eigenvalue weighted by molar-refractivity contribution is -0.0480. The summed E-state index contributed by atoms with van der Waals surface area (Å²) >= 11 is 0. The third-order valence-electron chi connectivity index (χ3n) is 5.67. The second-order valence-electron chi connectivity index (χ2n) is 8.23. The molecular weight excluding hydrogens is 486 g/mol. The first-order valence-corrected chi connectivity index (χ1v) is 12.2. The van der Waals surface area contributed by atoms with Crippen LogP contribution in [0.15, 0.2) is 35.6 Å². The molecular formula is C20H23N5O9S. The molecule has 1 aromatic heterocycles. The summed E-state index contributed by atoms with van der Waals surface area (Å²) in [6.07, 6.45) is -0.992. The van der Waals surface area contributed by atoms with Crippen LogP contribution < -0.4 is 10.0 Å². The number of fused-ring (bicyclic) bond motifs is 1. The number of phenolic OH excluding ortho intramolecular Hbond substituents is 1. The van der Waals surface area contributed by atoms with Crippen LogP contribution in [0, 0.1) is 0 Å². The average Bonchev–Trinajstić information content (AvgIpc) is 3.46. The molecule has 14 nitrogen and oxygen atoms in total. The molecule has 1 saturated heterocycles. The molecule has 1 aliphatic carbocycles. The predicted octanol–water partition coefficient (Wildman–Crippen LogP) is -0.660. The molecule has 1 unspecified atom stereocenters. The van der Waals surface area contributed by atoms with Crippen molar-refractivity contribution in [2.75, 3.05) is 6.61 Å². The molecule has 2 aliphatic heterocycles. The molecule has 188 valence electrons. The molecule has 0 spiro atoms. The molecule has 1 aromatic carbocycles. The molecule has 2 aromatic rings. The number of hydrogen-bond acceptors (Lipinski definition) is 12. The highest BCUT2D eigenvalue weighted by Crippen LogP contribution is 2.38. The van der Waals surface area contributed by atoms with Gasteiger partial charge in [0.1, 0.15) is 29.8 Å². The molecule has 0 bridgehead atoms. The Balaban J connectivity index is 1.24. The van der Waals surface area contributed by atoms with E-state index >= 15 is 0 Å². The summed E-state index contributed by atoms with van der Waals surface area (Å²) in [5.74, 6) is -1.16. The largest absolute Gasteiger partial charge is 0.507 e. The third-order valence-corrected chi connectivity index (χ3v) is 6.56. The number of aliphatic hydroxyl groups is 2. The van der Waals surface area contributed by atoms with Gasteiger partial charge < -0.3 is 30.1 Å². The van der Waals surface area contributed by atoms with Gasteiger partial charge in [-0.25, -0.2) is 14.7 Å². The molecule has 0 radical (unpaired) electrons. The van der Waals surface area contributed by atoms with Gasteiger partial charge in [-0.2, -0.15) is 8.42 Å². The van der Waals surface area contributed by atoms with Gasteiger partial charge in [0.05, 0.1) is 30.9 Å². The van der Waals surface area contributed by atoms with Crippen molar-refractivity contribution >= 4 is 28.4 Å². The van der Waals surface area contributed by atoms with E-state index in [4.69, 9.17) is 13.7 Å². The van der Waals surface area contributed by atoms with E-state index in [1.165, 1.54) is 41.5 Å². The quantitative estimate of drug-likeness (QED) is 0.303. The van der Waals surface area contributed by atoms with E-state index in [-0.39, 0.29) is 11.7 Å². The van der Waals surface area contributed by atoms with Crippen molar-refractivity contribution in [3.05, 3.63) is 41.9 Å². The summed E-state index contributed by atoms with van der Waals surface area (Å²) in [6, 6.07) is 5.37. The standard InChI is InChI=1S/C20H23N5O9S/c26-12-4-2-1-3-11(12)18(29)24-35(30,31)32-7-13-15(27)16(28)20(34-13)25-9-23-14-17(25)21-8-22-19(14)33-10-5-6-10/h1-4,8-10,13,15-16,19-20,26-28H,5-7H2,(H,21,22)(H,24,29)/t13-,15-,16-,19?,20-/m1/s1. The number of carbonyl (C=O) groups is 1. The molecule has 15 heteroatoms. The highest BCUT2D eigenvalue weighted by atomic mass is 32.2. The van der Waals surface area contributed by atoms with Crippen LogP contribution in [0.3, 0.4) is 0 Å². The molecule has 3 heterocycles. The minimum atomic E-state index is -4.62. The van der Waals surface area contributed by atoms with E-state index < -0.39 is 59.3 Å². The van der Waals surface area contributed by atoms with Crippen molar-refractivity contribution in [2.45, 2.75) is 49.7 Å². The SMILES string of the molecule is O=C(NS(=O)(=O)OC[C@H]1O[C@@H](n2cnc3c2N=CNC3OC2CC2)[C@H](O)[C@@H]1O)c1ccccc1O. The first-order chi connectivity index (χ1) is 16.7. The van der Waals surface area contributed by atoms with Gasteiger partial charge in [0.2, 0.25) is 0 Å². The highest BCUT2D eigenvalue weighted by molar-refractivity contribution is 7.85. The number of aromatic nitrogens is 2. The summed E-state index contributed by atoms with van der Waals surface area (Å²) in [4.78, 5) is 20.7. The van der Waals surface area contributed by atoms with Gasteiger partial charge >= 0.3 is 10.3 Å². The van der Waals surface area contributed by atoms with Crippen molar-refractivity contribution in [3.63, 3.8) is 0 Å². The zero-order valence-corrected chi connectivity index (χ0v) is 18.9. The number of rotatable bonds is 8. The van der Waals surface area contributed by atoms with Crippen molar-refractivity contribution in [1.29, 1.82) is 0 Å². The topological polar surface area (TPSA) is 194 Å². The van der Waals surface area contributed by atoms with Gasteiger partial charge in [-0.15, -0.1) is 0 Å². The summed E-state index contributed by atoms with van der Waals surface area (Å²) in [7, 11) is -4.62. The van der Waals surface area contributed by atoms with Crippen LogP contribution in [0.1, 0.15) is 41.3 Å². The summed E-state index contributed by atoms with van der Waals surface area (Å²) in [6.45, 7) is -0.701. The van der Waals surface area contributed by atoms with Gasteiger partial charge in [0.15, 0.2) is 18.3 Å². The normalized spacial score (nSPS) is 27.9. The van der Waals surface area contributed by atoms with Gasteiger partial charge in [-0.05, 0) is 25.0 Å². The lowest BCUT2D eigenvalue weighted by Crippen LogP contribution is -2.37. The van der Waals surface area contributed by atoms with Crippen LogP contribution >= 0.6 is 0 Å². The Morgan fingerprint density at radius 3 is 2.77 bits per heavy atom. The Morgan fingerprint density at radius 1 is 1.26 bits per heavy atom. The number of para-hydroxylation sites is 1. The van der Waals surface area contributed by atoms with E-state index in [1.54, 1.807) is 4.72 Å². The average molecular weight is 509 g/mol. The molecule has 2 fully saturated rings. The van der Waals surface area contributed by atoms with E-state index in [0.29, 0.717) is 11.5 Å². The van der Waals surface area contributed by atoms with E-state index in [1.807, 2.05) is 0 Å². The molecule has 35 heavy (non-hydrogen) atoms. The van der Waals surface area contributed by atoms with E-state index in [0.717, 1.165) is 12.8 Å². The molecule has 3 aliphatic rings. The Bertz CT molecular complexity index is 1250. The molecule has 5 N–H and O–H groups in total. The first kappa shape index (κ1) is 23.7. The Morgan fingerprint density at radius 2 is 2.03 bits per heavy atom. The number of hydrogen-bond donors (Lipinski definition) is 5. The summed E-state index contributed by atoms with van der Waals surface area (Å²) in [5.41, 5.74) is 0.218. The smallest absolute Gasteiger partial charge is 0.362 e. The number of carbonyl (C=O) groups excluding carboxylic acids is 1. The van der Waals surface area contributed by atoms with Crippen LogP contribution in [-0.4, -0.2) is 76.6 Å². The second-order valence-corrected chi connectivity index (χ2v) is 9.58. The maximum Gasteiger partial charge on any atom is 0.362 e. The zero-order valence-electron chi connectivity index (χ0n) is 18.1. The number of benzene rings is 1. The fraction of sp³-hybridized carbons (Fsp3) is 0.450. The number of aromatic hydroxyl groups is 1. The van der Waals surface area contributed by atoms with Crippen LogP contribution in [0.2, 0.25) is 0 Å². The fourth-order valence-electron chi connectivity index (χ4n) is 3.74. The van der Waals surface area contributed by atoms with Crippen LogP contribution in [0.25, 0.3) is 0 Å². The minimum absolute atomic E-state index is 0.141. The summed E-state index contributed by atoms with van der Waals surface area (Å²) < 4.78 is 43.8. The molecule has 5 atom stereocenters. The highest BCUT2D eigenvalue weighted by Gasteiger charge is 2.46. The van der Waals surface area contributed by atoms with Crippen molar-refractivity contribution in [1.82, 2.24) is 19.6 Å². The van der Waals surface area contributed by atoms with Gasteiger partial charge in [-0.1, -0.05) is 12.1 Å². The summed E-state index contributed by atoms with van der Waals surface area (Å²) in [5, 5.41) is 33.6. The number of phenols is 1. The second kappa shape index (κ2) is 9.18. The number of nitrogens with one attached hydrogen (secondary N) is 2. The number of amides is 1. The minimum Gasteiger partial charge on any atom is -0.507 e. The van der Waals surface area contributed by atoms with Crippen LogP contribution in [-0.2, 0) is 24.0 Å². The fourth-order valence-corrected chi connectivity index (χ4v) is 4.44. The number of imidazole rings is 1. The zero-order chi connectivity index (χ0) is 24.7. The first-order valence-electron chi connectivity index (χ1n) is 10.8. The maximum atomic E-state index is 12.2. The van der Waals surface area contributed by atoms with E-state index in [9.17, 15) is 28.5 Å². The Hall–Kier alpha value is -3.08. The van der Waals surface area contributed by atoms with Crippen LogP contribution in [0.5, 0.6) is 5.75 Å². The third kappa shape index (κ3) is 4.86. The van der Waals surface area contributed by atoms with Crippen molar-refractivity contribution < 1.29 is 42.2 Å². The number of aliphatic imine (C=N–C) groups is 1. The monoisotopic (exact) mass is 509 g/mol. The van der Waals surface area contributed by atoms with Crippen LogP contribution in [0.4, 0.5) is 5.82 Å². The Labute approximate surface area is 199 Å². The number of nitrogens with zero attached hydrogens (tertiary/aromatic N) is 3. The predicted molar refractivity (Wildman–Crippen MR) is 117 cm³/mol. The molecule has 5 rings (SSSR count). The Kier molecular flexibility index (Phi) is 6.20. The molecule has 1 amide bonds.